The van der Waals surface area contributed by atoms with Crippen molar-refractivity contribution < 1.29 is 9.53 Å². The zero-order chi connectivity index (χ0) is 12.1. The Balaban J connectivity index is 2.03. The number of nitrogens with zero attached hydrogens (tertiary/aromatic N) is 2. The molecule has 92 valence electrons. The first-order chi connectivity index (χ1) is 8.33. The Morgan fingerprint density at radius 2 is 2.24 bits per heavy atom. The fourth-order valence-corrected chi connectivity index (χ4v) is 1.98. The average molecular weight is 235 g/mol. The van der Waals surface area contributed by atoms with E-state index in [-0.39, 0.29) is 17.7 Å². The number of ether oxygens (including phenoxy) is 1. The van der Waals surface area contributed by atoms with E-state index in [0.717, 1.165) is 13.0 Å². The molecule has 0 bridgehead atoms. The molecule has 1 fully saturated rings. The summed E-state index contributed by atoms with van der Waals surface area (Å²) in [4.78, 5) is 20.0. The van der Waals surface area contributed by atoms with Crippen LogP contribution < -0.4 is 5.32 Å². The fourth-order valence-electron chi connectivity index (χ4n) is 1.98. The van der Waals surface area contributed by atoms with Crippen LogP contribution in [0.2, 0.25) is 0 Å². The lowest BCUT2D eigenvalue weighted by atomic mass is 9.95. The molecule has 1 saturated heterocycles. The van der Waals surface area contributed by atoms with Crippen molar-refractivity contribution in [1.82, 2.24) is 15.3 Å². The van der Waals surface area contributed by atoms with Gasteiger partial charge < -0.3 is 10.1 Å². The Morgan fingerprint density at radius 3 is 2.94 bits per heavy atom. The van der Waals surface area contributed by atoms with Gasteiger partial charge in [0.1, 0.15) is 6.33 Å². The van der Waals surface area contributed by atoms with Crippen LogP contribution in [0.3, 0.4) is 0 Å². The number of ketones is 1. The molecule has 1 aliphatic heterocycles. The lowest BCUT2D eigenvalue weighted by Gasteiger charge is -2.17. The average Bonchev–Trinajstić information content (AvgIpc) is 2.84. The first-order valence-corrected chi connectivity index (χ1v) is 5.93. The van der Waals surface area contributed by atoms with E-state index in [0.29, 0.717) is 18.8 Å². The second kappa shape index (κ2) is 5.84. The Bertz CT molecular complexity index is 369. The van der Waals surface area contributed by atoms with Crippen molar-refractivity contribution in [3.63, 3.8) is 0 Å². The van der Waals surface area contributed by atoms with Crippen LogP contribution in [0.4, 0.5) is 0 Å². The Kier molecular flexibility index (Phi) is 4.17. The van der Waals surface area contributed by atoms with Crippen LogP contribution in [-0.2, 0) is 4.74 Å². The summed E-state index contributed by atoms with van der Waals surface area (Å²) in [7, 11) is 0. The second-order valence-electron chi connectivity index (χ2n) is 4.20. The van der Waals surface area contributed by atoms with Gasteiger partial charge in [-0.3, -0.25) is 4.79 Å². The summed E-state index contributed by atoms with van der Waals surface area (Å²) in [5.41, 5.74) is 0.561. The molecule has 1 aromatic rings. The molecule has 2 heterocycles. The lowest BCUT2D eigenvalue weighted by molar-refractivity contribution is 0.0890. The molecule has 2 rings (SSSR count). The van der Waals surface area contributed by atoms with E-state index < -0.39 is 0 Å². The molecule has 0 radical (unpaired) electrons. The highest BCUT2D eigenvalue weighted by Gasteiger charge is 2.34. The molecule has 2 atom stereocenters. The standard InChI is InChI=1S/C12H17N3O2/c1-2-3-15-11-7-17-6-10(11)12(16)9-4-13-8-14-5-9/h4-5,8,10-11,15H,2-3,6-7H2,1H3. The minimum Gasteiger partial charge on any atom is -0.379 e. The van der Waals surface area contributed by atoms with Crippen LogP contribution in [0.25, 0.3) is 0 Å². The van der Waals surface area contributed by atoms with Gasteiger partial charge in [-0.1, -0.05) is 6.92 Å². The molecule has 0 amide bonds. The molecule has 0 saturated carbocycles. The second-order valence-corrected chi connectivity index (χ2v) is 4.20. The number of hydrogen-bond acceptors (Lipinski definition) is 5. The smallest absolute Gasteiger partial charge is 0.173 e. The van der Waals surface area contributed by atoms with Crippen LogP contribution in [0, 0.1) is 5.92 Å². The van der Waals surface area contributed by atoms with Gasteiger partial charge in [0, 0.05) is 18.4 Å². The largest absolute Gasteiger partial charge is 0.379 e. The summed E-state index contributed by atoms with van der Waals surface area (Å²) >= 11 is 0. The van der Waals surface area contributed by atoms with E-state index >= 15 is 0 Å². The number of rotatable bonds is 5. The molecule has 1 aromatic heterocycles. The van der Waals surface area contributed by atoms with Crippen molar-refractivity contribution in [2.24, 2.45) is 5.92 Å². The molecular weight excluding hydrogens is 218 g/mol. The van der Waals surface area contributed by atoms with Gasteiger partial charge in [0.2, 0.25) is 0 Å². The maximum absolute atomic E-state index is 12.2. The maximum atomic E-state index is 12.2. The van der Waals surface area contributed by atoms with Gasteiger partial charge in [-0.15, -0.1) is 0 Å². The third-order valence-electron chi connectivity index (χ3n) is 2.92. The van der Waals surface area contributed by atoms with Gasteiger partial charge >= 0.3 is 0 Å². The van der Waals surface area contributed by atoms with Crippen LogP contribution in [0.5, 0.6) is 0 Å². The zero-order valence-electron chi connectivity index (χ0n) is 9.93. The van der Waals surface area contributed by atoms with Gasteiger partial charge in [-0.2, -0.15) is 0 Å². The minimum absolute atomic E-state index is 0.0664. The molecule has 0 aromatic carbocycles. The summed E-state index contributed by atoms with van der Waals surface area (Å²) in [6.07, 6.45) is 5.59. The van der Waals surface area contributed by atoms with Crippen LogP contribution in [-0.4, -0.2) is 41.6 Å². The highest BCUT2D eigenvalue weighted by Crippen LogP contribution is 2.18. The molecular formula is C12H17N3O2. The van der Waals surface area contributed by atoms with Crippen molar-refractivity contribution in [3.05, 3.63) is 24.3 Å². The summed E-state index contributed by atoms with van der Waals surface area (Å²) in [5, 5.41) is 3.35. The van der Waals surface area contributed by atoms with Crippen molar-refractivity contribution in [1.29, 1.82) is 0 Å². The molecule has 17 heavy (non-hydrogen) atoms. The van der Waals surface area contributed by atoms with Crippen LogP contribution in [0.1, 0.15) is 23.7 Å². The normalized spacial score (nSPS) is 23.8. The van der Waals surface area contributed by atoms with Gasteiger partial charge in [-0.25, -0.2) is 9.97 Å². The number of Topliss-reactive ketones (excluding diaryl/α,β-unsaturated/α-hetero) is 1. The number of nitrogens with one attached hydrogen (secondary N) is 1. The molecule has 1 aliphatic rings. The molecule has 2 unspecified atom stereocenters. The van der Waals surface area contributed by atoms with E-state index in [4.69, 9.17) is 4.74 Å². The van der Waals surface area contributed by atoms with Crippen LogP contribution >= 0.6 is 0 Å². The molecule has 0 aliphatic carbocycles. The Hall–Kier alpha value is -1.33. The summed E-state index contributed by atoms with van der Waals surface area (Å²) in [5.74, 6) is -0.0516. The molecule has 5 heteroatoms. The Labute approximate surface area is 101 Å². The van der Waals surface area contributed by atoms with Gasteiger partial charge in [0.25, 0.3) is 0 Å². The number of aromatic nitrogens is 2. The summed E-state index contributed by atoms with van der Waals surface area (Å²) in [6, 6.07) is 0.114. The maximum Gasteiger partial charge on any atom is 0.173 e. The van der Waals surface area contributed by atoms with E-state index in [1.807, 2.05) is 0 Å². The number of carbonyl (C=O) groups excluding carboxylic acids is 1. The van der Waals surface area contributed by atoms with Crippen molar-refractivity contribution in [3.8, 4) is 0 Å². The van der Waals surface area contributed by atoms with Gasteiger partial charge in [-0.05, 0) is 13.0 Å². The lowest BCUT2D eigenvalue weighted by Crippen LogP contribution is -2.39. The topological polar surface area (TPSA) is 64.1 Å². The quantitative estimate of drug-likeness (QED) is 0.760. The predicted molar refractivity (Wildman–Crippen MR) is 62.8 cm³/mol. The first kappa shape index (κ1) is 12.1. The highest BCUT2D eigenvalue weighted by molar-refractivity contribution is 5.98. The number of hydrogen-bond donors (Lipinski definition) is 1. The van der Waals surface area contributed by atoms with Crippen molar-refractivity contribution in [2.75, 3.05) is 19.8 Å². The van der Waals surface area contributed by atoms with E-state index in [1.54, 1.807) is 12.4 Å². The van der Waals surface area contributed by atoms with Gasteiger partial charge in [0.15, 0.2) is 5.78 Å². The third kappa shape index (κ3) is 2.87. The highest BCUT2D eigenvalue weighted by atomic mass is 16.5. The zero-order valence-corrected chi connectivity index (χ0v) is 9.93. The fraction of sp³-hybridized carbons (Fsp3) is 0.583. The van der Waals surface area contributed by atoms with E-state index in [9.17, 15) is 4.79 Å². The monoisotopic (exact) mass is 235 g/mol. The van der Waals surface area contributed by atoms with Crippen molar-refractivity contribution >= 4 is 5.78 Å². The van der Waals surface area contributed by atoms with E-state index in [2.05, 4.69) is 22.2 Å². The van der Waals surface area contributed by atoms with Crippen LogP contribution in [0.15, 0.2) is 18.7 Å². The molecule has 5 nitrogen and oxygen atoms in total. The summed E-state index contributed by atoms with van der Waals surface area (Å²) < 4.78 is 5.39. The predicted octanol–water partition coefficient (Wildman–Crippen LogP) is 0.674. The molecule has 1 N–H and O–H groups in total. The van der Waals surface area contributed by atoms with Gasteiger partial charge in [0.05, 0.1) is 24.7 Å². The SMILES string of the molecule is CCCNC1COCC1C(=O)c1cncnc1. The minimum atomic E-state index is -0.118. The summed E-state index contributed by atoms with van der Waals surface area (Å²) in [6.45, 7) is 4.09. The van der Waals surface area contributed by atoms with E-state index in [1.165, 1.54) is 6.33 Å². The van der Waals surface area contributed by atoms with Crippen molar-refractivity contribution in [2.45, 2.75) is 19.4 Å². The Morgan fingerprint density at radius 1 is 1.47 bits per heavy atom. The molecule has 0 spiro atoms. The number of carbonyl (C=O) groups is 1. The third-order valence-corrected chi connectivity index (χ3v) is 2.92. The first-order valence-electron chi connectivity index (χ1n) is 5.93.